The minimum atomic E-state index is -0.439. The maximum absolute atomic E-state index is 13.6. The molecule has 9 heteroatoms. The van der Waals surface area contributed by atoms with E-state index in [9.17, 15) is 9.59 Å². The molecule has 0 bridgehead atoms. The summed E-state index contributed by atoms with van der Waals surface area (Å²) in [4.78, 5) is 31.6. The molecule has 0 amide bonds. The molecule has 0 radical (unpaired) electrons. The third-order valence-electron chi connectivity index (χ3n) is 5.86. The monoisotopic (exact) mass is 466 g/mol. The van der Waals surface area contributed by atoms with Gasteiger partial charge in [0.05, 0.1) is 13.1 Å². The molecule has 1 aliphatic heterocycles. The predicted octanol–water partition coefficient (Wildman–Crippen LogP) is 3.00. The number of aromatic nitrogens is 4. The Morgan fingerprint density at radius 3 is 2.52 bits per heavy atom. The van der Waals surface area contributed by atoms with Crippen molar-refractivity contribution in [2.24, 2.45) is 7.05 Å². The van der Waals surface area contributed by atoms with Crippen molar-refractivity contribution in [3.05, 3.63) is 85.8 Å². The Kier molecular flexibility index (Phi) is 5.46. The quantitative estimate of drug-likeness (QED) is 0.451. The Labute approximate surface area is 194 Å². The number of nitrogens with zero attached hydrogens (tertiary/aromatic N) is 4. The van der Waals surface area contributed by atoms with Gasteiger partial charge in [0, 0.05) is 18.5 Å². The molecule has 8 nitrogen and oxygen atoms in total. The van der Waals surface area contributed by atoms with Crippen LogP contribution in [0.2, 0.25) is 5.02 Å². The van der Waals surface area contributed by atoms with Gasteiger partial charge >= 0.3 is 5.69 Å². The van der Waals surface area contributed by atoms with Gasteiger partial charge in [-0.2, -0.15) is 0 Å². The van der Waals surface area contributed by atoms with Gasteiger partial charge in [-0.1, -0.05) is 42.8 Å². The SMILES string of the molecule is CCc1nc2c(c(=O)n(Cc3ccc(Cl)cc3)c(=O)n2CC2COc3ccccc3O2)n1C. The number of hydrogen-bond donors (Lipinski definition) is 0. The summed E-state index contributed by atoms with van der Waals surface area (Å²) >= 11 is 5.99. The van der Waals surface area contributed by atoms with Crippen LogP contribution in [0.5, 0.6) is 11.5 Å². The molecule has 1 atom stereocenters. The van der Waals surface area contributed by atoms with Crippen molar-refractivity contribution in [1.82, 2.24) is 18.7 Å². The molecule has 4 aromatic rings. The van der Waals surface area contributed by atoms with Gasteiger partial charge in [-0.05, 0) is 29.8 Å². The van der Waals surface area contributed by atoms with Gasteiger partial charge in [0.1, 0.15) is 12.4 Å². The highest BCUT2D eigenvalue weighted by Crippen LogP contribution is 2.31. The fourth-order valence-electron chi connectivity index (χ4n) is 4.16. The molecule has 5 rings (SSSR count). The summed E-state index contributed by atoms with van der Waals surface area (Å²) in [5.74, 6) is 2.03. The van der Waals surface area contributed by atoms with E-state index in [-0.39, 0.29) is 25.3 Å². The summed E-state index contributed by atoms with van der Waals surface area (Å²) in [7, 11) is 1.80. The Hall–Kier alpha value is -3.52. The predicted molar refractivity (Wildman–Crippen MR) is 126 cm³/mol. The van der Waals surface area contributed by atoms with Crippen molar-refractivity contribution in [2.75, 3.05) is 6.61 Å². The molecular formula is C24H23ClN4O4. The maximum atomic E-state index is 13.6. The molecule has 2 aromatic carbocycles. The third kappa shape index (κ3) is 3.80. The molecule has 1 unspecified atom stereocenters. The van der Waals surface area contributed by atoms with Gasteiger partial charge in [0.2, 0.25) is 0 Å². The van der Waals surface area contributed by atoms with E-state index in [1.807, 2.05) is 31.2 Å². The van der Waals surface area contributed by atoms with Crippen LogP contribution >= 0.6 is 11.6 Å². The number of imidazole rings is 1. The van der Waals surface area contributed by atoms with E-state index in [4.69, 9.17) is 21.1 Å². The minimum Gasteiger partial charge on any atom is -0.486 e. The molecular weight excluding hydrogens is 444 g/mol. The van der Waals surface area contributed by atoms with Crippen molar-refractivity contribution >= 4 is 22.8 Å². The summed E-state index contributed by atoms with van der Waals surface area (Å²) in [6.07, 6.45) is 0.223. The zero-order chi connectivity index (χ0) is 23.1. The Balaban J connectivity index is 1.61. The number of ether oxygens (including phenoxy) is 2. The first-order chi connectivity index (χ1) is 16.0. The average Bonchev–Trinajstić information content (AvgIpc) is 3.17. The molecule has 3 heterocycles. The maximum Gasteiger partial charge on any atom is 0.333 e. The molecule has 1 aliphatic rings. The van der Waals surface area contributed by atoms with Crippen LogP contribution in [0.3, 0.4) is 0 Å². The fraction of sp³-hybridized carbons (Fsp3) is 0.292. The number of halogens is 1. The Morgan fingerprint density at radius 1 is 1.06 bits per heavy atom. The lowest BCUT2D eigenvalue weighted by Gasteiger charge is -2.27. The smallest absolute Gasteiger partial charge is 0.333 e. The zero-order valence-electron chi connectivity index (χ0n) is 18.3. The summed E-state index contributed by atoms with van der Waals surface area (Å²) in [5.41, 5.74) is 0.734. The number of benzene rings is 2. The van der Waals surface area contributed by atoms with Crippen LogP contribution in [-0.2, 0) is 26.6 Å². The van der Waals surface area contributed by atoms with Crippen LogP contribution in [-0.4, -0.2) is 31.4 Å². The van der Waals surface area contributed by atoms with Crippen molar-refractivity contribution in [3.63, 3.8) is 0 Å². The highest BCUT2D eigenvalue weighted by atomic mass is 35.5. The number of para-hydroxylation sites is 2. The van der Waals surface area contributed by atoms with E-state index in [2.05, 4.69) is 4.98 Å². The highest BCUT2D eigenvalue weighted by Gasteiger charge is 2.25. The number of rotatable bonds is 5. The first kappa shape index (κ1) is 21.3. The molecule has 0 saturated carbocycles. The second kappa shape index (κ2) is 8.44. The van der Waals surface area contributed by atoms with E-state index in [1.54, 1.807) is 35.9 Å². The van der Waals surface area contributed by atoms with Gasteiger partial charge in [0.25, 0.3) is 5.56 Å². The normalized spacial score (nSPS) is 15.2. The molecule has 33 heavy (non-hydrogen) atoms. The van der Waals surface area contributed by atoms with Crippen LogP contribution in [0.15, 0.2) is 58.1 Å². The third-order valence-corrected chi connectivity index (χ3v) is 6.11. The molecule has 2 aromatic heterocycles. The summed E-state index contributed by atoms with van der Waals surface area (Å²) in [6, 6.07) is 14.5. The van der Waals surface area contributed by atoms with E-state index >= 15 is 0 Å². The van der Waals surface area contributed by atoms with E-state index in [0.717, 1.165) is 11.4 Å². The average molecular weight is 467 g/mol. The van der Waals surface area contributed by atoms with Crippen molar-refractivity contribution in [2.45, 2.75) is 32.5 Å². The van der Waals surface area contributed by atoms with Gasteiger partial charge in [0.15, 0.2) is 28.8 Å². The standard InChI is InChI=1S/C24H23ClN4O4/c1-3-20-26-22-21(27(20)2)23(30)29(12-15-8-10-16(25)11-9-15)24(31)28(22)13-17-14-32-18-6-4-5-7-19(18)33-17/h4-11,17H,3,12-14H2,1-2H3. The lowest BCUT2D eigenvalue weighted by atomic mass is 10.2. The number of hydrogen-bond acceptors (Lipinski definition) is 5. The molecule has 0 saturated heterocycles. The van der Waals surface area contributed by atoms with Gasteiger partial charge in [-0.3, -0.25) is 13.9 Å². The van der Waals surface area contributed by atoms with Crippen molar-refractivity contribution in [1.29, 1.82) is 0 Å². The summed E-state index contributed by atoms with van der Waals surface area (Å²) in [6.45, 7) is 2.58. The van der Waals surface area contributed by atoms with Crippen LogP contribution in [0.4, 0.5) is 0 Å². The second-order valence-corrected chi connectivity index (χ2v) is 8.46. The zero-order valence-corrected chi connectivity index (χ0v) is 19.1. The second-order valence-electron chi connectivity index (χ2n) is 8.02. The Morgan fingerprint density at radius 2 is 1.79 bits per heavy atom. The van der Waals surface area contributed by atoms with Gasteiger partial charge in [-0.15, -0.1) is 0 Å². The minimum absolute atomic E-state index is 0.127. The molecule has 170 valence electrons. The van der Waals surface area contributed by atoms with Gasteiger partial charge in [-0.25, -0.2) is 9.78 Å². The first-order valence-electron chi connectivity index (χ1n) is 10.8. The molecule has 0 aliphatic carbocycles. The number of fused-ring (bicyclic) bond motifs is 2. The van der Waals surface area contributed by atoms with Crippen LogP contribution in [0.25, 0.3) is 11.2 Å². The van der Waals surface area contributed by atoms with Crippen LogP contribution in [0.1, 0.15) is 18.3 Å². The Bertz CT molecular complexity index is 1450. The van der Waals surface area contributed by atoms with Gasteiger partial charge < -0.3 is 14.0 Å². The number of aryl methyl sites for hydroxylation is 2. The lowest BCUT2D eigenvalue weighted by molar-refractivity contribution is 0.0780. The van der Waals surface area contributed by atoms with Crippen LogP contribution in [0, 0.1) is 0 Å². The molecule has 0 N–H and O–H groups in total. The van der Waals surface area contributed by atoms with Crippen molar-refractivity contribution < 1.29 is 9.47 Å². The first-order valence-corrected chi connectivity index (χ1v) is 11.2. The summed E-state index contributed by atoms with van der Waals surface area (Å²) < 4.78 is 16.4. The van der Waals surface area contributed by atoms with E-state index in [1.165, 1.54) is 9.13 Å². The lowest BCUT2D eigenvalue weighted by Crippen LogP contribution is -2.44. The highest BCUT2D eigenvalue weighted by molar-refractivity contribution is 6.30. The molecule has 0 fully saturated rings. The topological polar surface area (TPSA) is 80.3 Å². The summed E-state index contributed by atoms with van der Waals surface area (Å²) in [5, 5.41) is 0.591. The van der Waals surface area contributed by atoms with E-state index < -0.39 is 11.8 Å². The molecule has 0 spiro atoms. The van der Waals surface area contributed by atoms with Crippen molar-refractivity contribution in [3.8, 4) is 11.5 Å². The van der Waals surface area contributed by atoms with Crippen LogP contribution < -0.4 is 20.7 Å². The fourth-order valence-corrected chi connectivity index (χ4v) is 4.28. The largest absolute Gasteiger partial charge is 0.486 e. The van der Waals surface area contributed by atoms with E-state index in [0.29, 0.717) is 34.1 Å².